The van der Waals surface area contributed by atoms with E-state index in [1.54, 1.807) is 0 Å². The van der Waals surface area contributed by atoms with Crippen LogP contribution in [0.5, 0.6) is 11.5 Å². The number of carbonyl (C=O) groups excluding carboxylic acids is 2. The number of hydrogen-bond donors (Lipinski definition) is 7. The summed E-state index contributed by atoms with van der Waals surface area (Å²) in [6, 6.07) is 11.9. The molecule has 2 aromatic carbocycles. The Balaban J connectivity index is -0.000000248. The Bertz CT molecular complexity index is 1190. The smallest absolute Gasteiger partial charge is 0.790 e. The maximum atomic E-state index is 11.2. The molecule has 0 amide bonds. The third-order valence-electron chi connectivity index (χ3n) is 4.11. The number of rotatable bonds is 9. The number of aliphatic hydroxyl groups is 1. The molecule has 44 heavy (non-hydrogen) atoms. The quantitative estimate of drug-likeness (QED) is 0.0743. The van der Waals surface area contributed by atoms with Gasteiger partial charge in [0, 0.05) is 0 Å². The zero-order valence-corrected chi connectivity index (χ0v) is 29.0. The predicted molar refractivity (Wildman–Crippen MR) is 135 cm³/mol. The third-order valence-corrected chi connectivity index (χ3v) is 4.11. The number of phosphoric acid groups is 1. The van der Waals surface area contributed by atoms with E-state index >= 15 is 0 Å². The molecule has 0 fully saturated rings. The Kier molecular flexibility index (Phi) is 27.2. The number of phenolic OH excluding ortho intramolecular Hbond substituents is 2. The molecule has 234 valence electrons. The number of carbonyl (C=O) groups is 5. The number of carboxylic acid groups (broad SMARTS) is 3. The van der Waals surface area contributed by atoms with Crippen LogP contribution in [0, 0.1) is 0 Å². The second-order valence-electron chi connectivity index (χ2n) is 7.67. The Morgan fingerprint density at radius 3 is 1.34 bits per heavy atom. The molecule has 0 radical (unpaired) electrons. The van der Waals surface area contributed by atoms with Crippen molar-refractivity contribution >= 4 is 37.7 Å². The normalized spacial score (nSPS) is 9.68. The molecule has 0 bridgehead atoms. The minimum atomic E-state index is -5.14. The van der Waals surface area contributed by atoms with Gasteiger partial charge in [-0.05, 0) is 55.0 Å². The maximum Gasteiger partial charge on any atom is 1.00 e. The van der Waals surface area contributed by atoms with Crippen molar-refractivity contribution in [2.24, 2.45) is 0 Å². The average molecular weight is 666 g/mol. The van der Waals surface area contributed by atoms with Crippen LogP contribution in [-0.2, 0) is 28.4 Å². The van der Waals surface area contributed by atoms with Gasteiger partial charge in [-0.3, -0.25) is 9.59 Å². The van der Waals surface area contributed by atoms with Crippen molar-refractivity contribution in [1.82, 2.24) is 0 Å². The molecule has 0 atom stereocenters. The second-order valence-corrected chi connectivity index (χ2v) is 8.60. The minimum absolute atomic E-state index is 0. The third kappa shape index (κ3) is 25.9. The summed E-state index contributed by atoms with van der Waals surface area (Å²) >= 11 is 0. The van der Waals surface area contributed by atoms with Gasteiger partial charge in [-0.1, -0.05) is 6.92 Å². The average Bonchev–Trinajstić information content (AvgIpc) is 2.86. The predicted octanol–water partition coefficient (Wildman–Crippen LogP) is -6.30. The molecule has 20 heteroatoms. The molecule has 0 saturated heterocycles. The van der Waals surface area contributed by atoms with Crippen molar-refractivity contribution in [3.8, 4) is 11.5 Å². The number of phenols is 2. The van der Waals surface area contributed by atoms with E-state index in [0.717, 1.165) is 6.42 Å². The Labute approximate surface area is 294 Å². The molecule has 0 spiro atoms. The van der Waals surface area contributed by atoms with Crippen molar-refractivity contribution in [3.05, 3.63) is 59.7 Å². The molecule has 17 nitrogen and oxygen atoms in total. The minimum Gasteiger partial charge on any atom is -0.790 e. The van der Waals surface area contributed by atoms with Gasteiger partial charge in [0.1, 0.15) is 11.5 Å². The van der Waals surface area contributed by atoms with Gasteiger partial charge in [-0.2, -0.15) is 0 Å². The van der Waals surface area contributed by atoms with Gasteiger partial charge >= 0.3 is 89.0 Å². The summed E-state index contributed by atoms with van der Waals surface area (Å²) in [5.41, 5.74) is -1.84. The molecular weight excluding hydrogens is 637 g/mol. The molecule has 0 aliphatic rings. The van der Waals surface area contributed by atoms with Gasteiger partial charge in [-0.25, -0.2) is 14.4 Å². The number of carboxylic acids is 3. The van der Waals surface area contributed by atoms with Crippen molar-refractivity contribution < 1.29 is 142 Å². The van der Waals surface area contributed by atoms with Crippen molar-refractivity contribution in [2.45, 2.75) is 31.8 Å². The first-order valence-electron chi connectivity index (χ1n) is 11.2. The molecule has 2 aromatic rings. The van der Waals surface area contributed by atoms with E-state index in [1.807, 2.05) is 6.92 Å². The SMILES string of the molecule is CCCOC(=O)c1ccc(O)cc1.COC(=O)c1ccc(O)cc1.O=C(O)CC(O)(CC(=O)O)C(=O)O.O=P([O-])([O-])O.[Na+].[Na+]. The Morgan fingerprint density at radius 1 is 0.773 bits per heavy atom. The van der Waals surface area contributed by atoms with E-state index in [0.29, 0.717) is 17.7 Å². The van der Waals surface area contributed by atoms with E-state index in [9.17, 15) is 24.0 Å². The number of aromatic hydroxyl groups is 2. The van der Waals surface area contributed by atoms with Crippen LogP contribution < -0.4 is 68.9 Å². The zero-order valence-electron chi connectivity index (χ0n) is 24.1. The van der Waals surface area contributed by atoms with E-state index in [2.05, 4.69) is 4.74 Å². The van der Waals surface area contributed by atoms with Gasteiger partial charge in [-0.15, -0.1) is 0 Å². The fourth-order valence-electron chi connectivity index (χ4n) is 2.31. The van der Waals surface area contributed by atoms with Crippen LogP contribution in [0.4, 0.5) is 0 Å². The van der Waals surface area contributed by atoms with E-state index in [-0.39, 0.29) is 76.6 Å². The summed E-state index contributed by atoms with van der Waals surface area (Å²) < 4.78 is 18.0. The molecule has 2 rings (SSSR count). The van der Waals surface area contributed by atoms with Crippen LogP contribution >= 0.6 is 7.82 Å². The fraction of sp³-hybridized carbons (Fsp3) is 0.292. The number of ether oxygens (including phenoxy) is 2. The summed E-state index contributed by atoms with van der Waals surface area (Å²) in [7, 11) is -3.82. The first-order chi connectivity index (χ1) is 19.2. The number of aliphatic carboxylic acids is 3. The molecule has 0 saturated carbocycles. The number of esters is 2. The monoisotopic (exact) mass is 666 g/mol. The van der Waals surface area contributed by atoms with Crippen LogP contribution in [-0.4, -0.2) is 84.7 Å². The van der Waals surface area contributed by atoms with Gasteiger partial charge in [0.05, 0.1) is 45.5 Å². The van der Waals surface area contributed by atoms with Gasteiger partial charge < -0.3 is 59.4 Å². The van der Waals surface area contributed by atoms with Crippen molar-refractivity contribution in [3.63, 3.8) is 0 Å². The van der Waals surface area contributed by atoms with E-state index in [1.165, 1.54) is 55.6 Å². The maximum absolute atomic E-state index is 11.2. The van der Waals surface area contributed by atoms with Crippen LogP contribution in [0.15, 0.2) is 48.5 Å². The molecule has 0 aliphatic heterocycles. The Morgan fingerprint density at radius 2 is 1.09 bits per heavy atom. The topological polar surface area (TPSA) is 309 Å². The van der Waals surface area contributed by atoms with Crippen LogP contribution in [0.25, 0.3) is 0 Å². The molecular formula is C24H29Na2O17P. The van der Waals surface area contributed by atoms with Crippen LogP contribution in [0.2, 0.25) is 0 Å². The largest absolute Gasteiger partial charge is 1.00 e. The first kappa shape index (κ1) is 48.4. The number of benzene rings is 2. The first-order valence-corrected chi connectivity index (χ1v) is 12.7. The fourth-order valence-corrected chi connectivity index (χ4v) is 2.31. The van der Waals surface area contributed by atoms with Crippen LogP contribution in [0.3, 0.4) is 0 Å². The Hall–Kier alpha value is -2.54. The number of hydrogen-bond acceptors (Lipinski definition) is 13. The summed E-state index contributed by atoms with van der Waals surface area (Å²) in [6.45, 7) is 2.36. The van der Waals surface area contributed by atoms with E-state index in [4.69, 9.17) is 54.6 Å². The van der Waals surface area contributed by atoms with E-state index < -0.39 is 50.1 Å². The summed E-state index contributed by atoms with van der Waals surface area (Å²) in [6.07, 6.45) is -1.48. The zero-order chi connectivity index (χ0) is 33.1. The summed E-state index contributed by atoms with van der Waals surface area (Å²) in [5, 5.41) is 51.6. The van der Waals surface area contributed by atoms with Crippen molar-refractivity contribution in [2.75, 3.05) is 13.7 Å². The summed E-state index contributed by atoms with van der Waals surface area (Å²) in [5.74, 6) is -5.48. The second kappa shape index (κ2) is 24.7. The standard InChI is InChI=1S/C10H12O3.C8H8O3.C6H8O7.2Na.H3O4P/c1-2-7-13-10(12)8-3-5-9(11)6-4-8;1-11-8(10)6-2-4-7(9)5-3-6;7-3(8)1-6(13,5(11)12)2-4(9)10;;;1-5(2,3)4/h3-6,11H,2,7H2,1H3;2-5,9H,1H3;13H,1-2H2,(H,7,8)(H,9,10)(H,11,12);;;(H3,1,2,3,4)/q;;;2*+1;/p-2. The molecule has 0 aliphatic carbocycles. The molecule has 0 aromatic heterocycles. The van der Waals surface area contributed by atoms with Gasteiger partial charge in [0.2, 0.25) is 0 Å². The summed E-state index contributed by atoms with van der Waals surface area (Å²) in [4.78, 5) is 76.8. The molecule has 0 unspecified atom stereocenters. The van der Waals surface area contributed by atoms with Gasteiger partial charge in [0.15, 0.2) is 5.60 Å². The molecule has 0 heterocycles. The van der Waals surface area contributed by atoms with Crippen LogP contribution in [0.1, 0.15) is 46.9 Å². The number of methoxy groups -OCH3 is 1. The van der Waals surface area contributed by atoms with Gasteiger partial charge in [0.25, 0.3) is 0 Å². The molecule has 7 N–H and O–H groups in total. The van der Waals surface area contributed by atoms with Crippen molar-refractivity contribution in [1.29, 1.82) is 0 Å².